The van der Waals surface area contributed by atoms with Crippen LogP contribution in [0.15, 0.2) is 0 Å². The van der Waals surface area contributed by atoms with Crippen molar-refractivity contribution >= 4 is 9.84 Å². The molecule has 2 aliphatic rings. The highest BCUT2D eigenvalue weighted by atomic mass is 32.2. The number of ether oxygens (including phenoxy) is 1. The number of hydrogen-bond acceptors (Lipinski definition) is 4. The van der Waals surface area contributed by atoms with Gasteiger partial charge in [0.15, 0.2) is 0 Å². The van der Waals surface area contributed by atoms with Crippen LogP contribution >= 0.6 is 0 Å². The average molecular weight is 247 g/mol. The van der Waals surface area contributed by atoms with Crippen LogP contribution in [0.5, 0.6) is 0 Å². The van der Waals surface area contributed by atoms with Crippen molar-refractivity contribution in [1.29, 1.82) is 0 Å². The quantitative estimate of drug-likeness (QED) is 0.795. The van der Waals surface area contributed by atoms with E-state index in [1.165, 1.54) is 25.5 Å². The van der Waals surface area contributed by atoms with E-state index in [0.717, 1.165) is 19.4 Å². The van der Waals surface area contributed by atoms with E-state index in [1.807, 2.05) is 0 Å². The molecule has 1 heterocycles. The van der Waals surface area contributed by atoms with Gasteiger partial charge < -0.3 is 10.1 Å². The summed E-state index contributed by atoms with van der Waals surface area (Å²) in [7, 11) is -2.84. The summed E-state index contributed by atoms with van der Waals surface area (Å²) in [5.41, 5.74) is 0.140. The third-order valence-corrected chi connectivity index (χ3v) is 4.61. The van der Waals surface area contributed by atoms with Gasteiger partial charge in [-0.15, -0.1) is 0 Å². The van der Waals surface area contributed by atoms with E-state index in [1.54, 1.807) is 0 Å². The van der Waals surface area contributed by atoms with E-state index in [0.29, 0.717) is 12.6 Å². The Kier molecular flexibility index (Phi) is 3.56. The maximum absolute atomic E-state index is 11.0. The summed E-state index contributed by atoms with van der Waals surface area (Å²) in [6, 6.07) is 0.441. The van der Waals surface area contributed by atoms with Gasteiger partial charge in [0.1, 0.15) is 9.84 Å². The molecule has 1 aliphatic carbocycles. The summed E-state index contributed by atoms with van der Waals surface area (Å²) in [4.78, 5) is 0. The monoisotopic (exact) mass is 247 g/mol. The number of rotatable bonds is 4. The Morgan fingerprint density at radius 2 is 2.19 bits per heavy atom. The molecule has 1 unspecified atom stereocenters. The van der Waals surface area contributed by atoms with Crippen molar-refractivity contribution in [1.82, 2.24) is 5.32 Å². The predicted octanol–water partition coefficient (Wildman–Crippen LogP) is 0.722. The Morgan fingerprint density at radius 3 is 2.75 bits per heavy atom. The summed E-state index contributed by atoms with van der Waals surface area (Å²) >= 11 is 0. The molecule has 1 atom stereocenters. The van der Waals surface area contributed by atoms with E-state index < -0.39 is 9.84 Å². The summed E-state index contributed by atoms with van der Waals surface area (Å²) < 4.78 is 27.8. The molecule has 16 heavy (non-hydrogen) atoms. The zero-order valence-corrected chi connectivity index (χ0v) is 10.7. The second-order valence-corrected chi connectivity index (χ2v) is 7.42. The highest BCUT2D eigenvalue weighted by Gasteiger charge is 2.42. The minimum atomic E-state index is -2.84. The van der Waals surface area contributed by atoms with Gasteiger partial charge in [0.2, 0.25) is 0 Å². The Balaban J connectivity index is 1.73. The minimum Gasteiger partial charge on any atom is -0.375 e. The Bertz CT molecular complexity index is 335. The molecule has 1 spiro atoms. The molecule has 0 aromatic heterocycles. The van der Waals surface area contributed by atoms with Gasteiger partial charge in [0, 0.05) is 25.4 Å². The highest BCUT2D eigenvalue weighted by Crippen LogP contribution is 2.42. The first-order chi connectivity index (χ1) is 7.49. The molecule has 4 nitrogen and oxygen atoms in total. The topological polar surface area (TPSA) is 55.4 Å². The first-order valence-electron chi connectivity index (χ1n) is 6.04. The maximum atomic E-state index is 11.0. The van der Waals surface area contributed by atoms with Crippen LogP contribution in [0, 0.1) is 0 Å². The lowest BCUT2D eigenvalue weighted by Gasteiger charge is -2.47. The third-order valence-electron chi connectivity index (χ3n) is 3.66. The van der Waals surface area contributed by atoms with Crippen molar-refractivity contribution in [2.45, 2.75) is 43.7 Å². The van der Waals surface area contributed by atoms with Gasteiger partial charge >= 0.3 is 0 Å². The molecule has 2 rings (SSSR count). The molecule has 5 heteroatoms. The normalized spacial score (nSPS) is 28.9. The minimum absolute atomic E-state index is 0.140. The highest BCUT2D eigenvalue weighted by molar-refractivity contribution is 7.90. The zero-order chi connectivity index (χ0) is 11.6. The molecule has 1 saturated heterocycles. The molecule has 0 radical (unpaired) electrons. The van der Waals surface area contributed by atoms with Crippen LogP contribution in [-0.4, -0.2) is 45.2 Å². The zero-order valence-electron chi connectivity index (χ0n) is 9.87. The second kappa shape index (κ2) is 4.63. The van der Waals surface area contributed by atoms with Gasteiger partial charge in [-0.1, -0.05) is 0 Å². The van der Waals surface area contributed by atoms with Crippen molar-refractivity contribution in [2.24, 2.45) is 0 Å². The van der Waals surface area contributed by atoms with E-state index in [2.05, 4.69) is 5.32 Å². The lowest BCUT2D eigenvalue weighted by Crippen LogP contribution is -2.51. The van der Waals surface area contributed by atoms with Crippen LogP contribution in [0.3, 0.4) is 0 Å². The first-order valence-corrected chi connectivity index (χ1v) is 8.10. The van der Waals surface area contributed by atoms with E-state index >= 15 is 0 Å². The van der Waals surface area contributed by atoms with Gasteiger partial charge in [-0.2, -0.15) is 0 Å². The predicted molar refractivity (Wildman–Crippen MR) is 63.3 cm³/mol. The molecule has 1 aliphatic heterocycles. The van der Waals surface area contributed by atoms with Crippen molar-refractivity contribution in [2.75, 3.05) is 25.2 Å². The molecule has 1 N–H and O–H groups in total. The van der Waals surface area contributed by atoms with Crippen molar-refractivity contribution in [3.8, 4) is 0 Å². The Morgan fingerprint density at radius 1 is 1.44 bits per heavy atom. The molecule has 0 aromatic rings. The smallest absolute Gasteiger partial charge is 0.148 e. The summed E-state index contributed by atoms with van der Waals surface area (Å²) in [6.45, 7) is 1.39. The number of hydrogen-bond donors (Lipinski definition) is 1. The van der Waals surface area contributed by atoms with Crippen LogP contribution in [-0.2, 0) is 14.6 Å². The third kappa shape index (κ3) is 3.18. The van der Waals surface area contributed by atoms with Crippen molar-refractivity contribution in [3.05, 3.63) is 0 Å². The Labute approximate surface area is 97.7 Å². The summed E-state index contributed by atoms with van der Waals surface area (Å²) in [5, 5.41) is 3.34. The lowest BCUT2D eigenvalue weighted by molar-refractivity contribution is -0.135. The van der Waals surface area contributed by atoms with Crippen LogP contribution in [0.1, 0.15) is 32.1 Å². The van der Waals surface area contributed by atoms with Crippen molar-refractivity contribution < 1.29 is 13.2 Å². The van der Waals surface area contributed by atoms with Crippen LogP contribution < -0.4 is 5.32 Å². The average Bonchev–Trinajstić information content (AvgIpc) is 2.14. The fraction of sp³-hybridized carbons (Fsp3) is 1.00. The SMILES string of the molecule is CS(=O)(=O)CCNC1CCOC2(CCC2)C1. The van der Waals surface area contributed by atoms with Gasteiger partial charge in [-0.3, -0.25) is 0 Å². The fourth-order valence-electron chi connectivity index (χ4n) is 2.57. The summed E-state index contributed by atoms with van der Waals surface area (Å²) in [5.74, 6) is 0.233. The molecule has 2 fully saturated rings. The van der Waals surface area contributed by atoms with Gasteiger partial charge in [0.25, 0.3) is 0 Å². The lowest BCUT2D eigenvalue weighted by atomic mass is 9.74. The van der Waals surface area contributed by atoms with E-state index in [9.17, 15) is 8.42 Å². The molecular weight excluding hydrogens is 226 g/mol. The number of nitrogens with one attached hydrogen (secondary N) is 1. The second-order valence-electron chi connectivity index (χ2n) is 5.16. The first kappa shape index (κ1) is 12.3. The molecule has 0 amide bonds. The van der Waals surface area contributed by atoms with Crippen LogP contribution in [0.4, 0.5) is 0 Å². The van der Waals surface area contributed by atoms with Crippen LogP contribution in [0.25, 0.3) is 0 Å². The standard InChI is InChI=1S/C11H21NO3S/c1-16(13,14)8-6-12-10-3-7-15-11(9-10)4-2-5-11/h10,12H,2-9H2,1H3. The Hall–Kier alpha value is -0.130. The van der Waals surface area contributed by atoms with Crippen LogP contribution in [0.2, 0.25) is 0 Å². The van der Waals surface area contributed by atoms with Gasteiger partial charge in [-0.05, 0) is 32.1 Å². The molecular formula is C11H21NO3S. The van der Waals surface area contributed by atoms with Gasteiger partial charge in [0.05, 0.1) is 11.4 Å². The molecule has 94 valence electrons. The molecule has 0 aromatic carbocycles. The molecule has 0 bridgehead atoms. The van der Waals surface area contributed by atoms with Crippen molar-refractivity contribution in [3.63, 3.8) is 0 Å². The van der Waals surface area contributed by atoms with E-state index in [4.69, 9.17) is 4.74 Å². The van der Waals surface area contributed by atoms with Gasteiger partial charge in [-0.25, -0.2) is 8.42 Å². The summed E-state index contributed by atoms with van der Waals surface area (Å²) in [6.07, 6.45) is 6.97. The maximum Gasteiger partial charge on any atom is 0.148 e. The van der Waals surface area contributed by atoms with E-state index in [-0.39, 0.29) is 11.4 Å². The fourth-order valence-corrected chi connectivity index (χ4v) is 3.06. The largest absolute Gasteiger partial charge is 0.375 e. The molecule has 1 saturated carbocycles. The number of sulfone groups is 1.